The minimum absolute atomic E-state index is 0.0272. The van der Waals surface area contributed by atoms with E-state index >= 15 is 0 Å². The number of amides is 1. The average Bonchev–Trinajstić information content (AvgIpc) is 3.28. The number of ether oxygens (including phenoxy) is 2. The number of methoxy groups -OCH3 is 1. The lowest BCUT2D eigenvalue weighted by molar-refractivity contribution is -0.134. The average molecular weight is 459 g/mol. The van der Waals surface area contributed by atoms with Crippen molar-refractivity contribution in [3.63, 3.8) is 0 Å². The van der Waals surface area contributed by atoms with Gasteiger partial charge in [-0.1, -0.05) is 29.8 Å². The molecule has 6 nitrogen and oxygen atoms in total. The van der Waals surface area contributed by atoms with E-state index in [1.165, 1.54) is 18.2 Å². The van der Waals surface area contributed by atoms with E-state index in [4.69, 9.17) is 25.5 Å². The molecule has 0 spiro atoms. The number of para-hydroxylation sites is 1. The first-order chi connectivity index (χ1) is 15.5. The summed E-state index contributed by atoms with van der Waals surface area (Å²) < 4.78 is 30.2. The van der Waals surface area contributed by atoms with E-state index in [2.05, 4.69) is 4.98 Å². The Morgan fingerprint density at radius 1 is 1.31 bits per heavy atom. The highest BCUT2D eigenvalue weighted by molar-refractivity contribution is 6.30. The Hall–Kier alpha value is -3.06. The molecule has 1 aliphatic rings. The van der Waals surface area contributed by atoms with Crippen molar-refractivity contribution >= 4 is 17.5 Å². The first kappa shape index (κ1) is 22.1. The van der Waals surface area contributed by atoms with Crippen molar-refractivity contribution < 1.29 is 23.1 Å². The Labute approximate surface area is 190 Å². The standard InChI is InChI=1S/C24H24ClFN2O4/c1-30-22-7-3-2-5-16(22)11-19-13-27-24(32-19)17-6-4-10-28(14-17)23(29)15-31-18-8-9-21(26)20(25)12-18/h2-3,5,7-9,12-13,17H,4,6,10-11,14-15H2,1H3/t17-/m0/s1. The molecule has 1 amide bonds. The Morgan fingerprint density at radius 2 is 2.16 bits per heavy atom. The predicted molar refractivity (Wildman–Crippen MR) is 118 cm³/mol. The summed E-state index contributed by atoms with van der Waals surface area (Å²) >= 11 is 5.76. The van der Waals surface area contributed by atoms with E-state index in [0.717, 1.165) is 29.9 Å². The Kier molecular flexibility index (Phi) is 6.95. The molecule has 0 bridgehead atoms. The summed E-state index contributed by atoms with van der Waals surface area (Å²) in [6.45, 7) is 1.03. The largest absolute Gasteiger partial charge is 0.496 e. The van der Waals surface area contributed by atoms with Crippen molar-refractivity contribution in [2.24, 2.45) is 0 Å². The van der Waals surface area contributed by atoms with Gasteiger partial charge < -0.3 is 18.8 Å². The van der Waals surface area contributed by atoms with E-state index in [-0.39, 0.29) is 23.5 Å². The molecule has 0 N–H and O–H groups in total. The molecular weight excluding hydrogens is 435 g/mol. The van der Waals surface area contributed by atoms with Crippen molar-refractivity contribution in [1.82, 2.24) is 9.88 Å². The summed E-state index contributed by atoms with van der Waals surface area (Å²) in [4.78, 5) is 18.9. The van der Waals surface area contributed by atoms with Crippen molar-refractivity contribution in [3.05, 3.63) is 76.7 Å². The zero-order valence-electron chi connectivity index (χ0n) is 17.7. The topological polar surface area (TPSA) is 64.8 Å². The molecule has 0 aliphatic carbocycles. The number of benzene rings is 2. The van der Waals surface area contributed by atoms with Crippen LogP contribution in [-0.4, -0.2) is 42.6 Å². The zero-order chi connectivity index (χ0) is 22.5. The maximum Gasteiger partial charge on any atom is 0.260 e. The fourth-order valence-corrected chi connectivity index (χ4v) is 4.01. The summed E-state index contributed by atoms with van der Waals surface area (Å²) in [5, 5.41) is -0.0409. The molecule has 168 valence electrons. The van der Waals surface area contributed by atoms with Gasteiger partial charge in [0, 0.05) is 31.1 Å². The second-order valence-corrected chi connectivity index (χ2v) is 8.10. The second kappa shape index (κ2) is 10.0. The minimum atomic E-state index is -0.528. The van der Waals surface area contributed by atoms with Gasteiger partial charge in [-0.3, -0.25) is 4.79 Å². The smallest absolute Gasteiger partial charge is 0.260 e. The molecule has 1 saturated heterocycles. The minimum Gasteiger partial charge on any atom is -0.496 e. The second-order valence-electron chi connectivity index (χ2n) is 7.70. The lowest BCUT2D eigenvalue weighted by Gasteiger charge is -2.31. The van der Waals surface area contributed by atoms with Crippen molar-refractivity contribution in [3.8, 4) is 11.5 Å². The zero-order valence-corrected chi connectivity index (χ0v) is 18.5. The van der Waals surface area contributed by atoms with Crippen LogP contribution < -0.4 is 9.47 Å². The van der Waals surface area contributed by atoms with Crippen LogP contribution >= 0.6 is 11.6 Å². The number of carbonyl (C=O) groups excluding carboxylic acids is 1. The first-order valence-electron chi connectivity index (χ1n) is 10.5. The van der Waals surface area contributed by atoms with Gasteiger partial charge in [-0.25, -0.2) is 9.37 Å². The first-order valence-corrected chi connectivity index (χ1v) is 10.8. The maximum atomic E-state index is 13.3. The number of nitrogens with zero attached hydrogens (tertiary/aromatic N) is 2. The van der Waals surface area contributed by atoms with Crippen LogP contribution in [0.3, 0.4) is 0 Å². The molecule has 1 aliphatic heterocycles. The number of piperidine rings is 1. The van der Waals surface area contributed by atoms with Crippen LogP contribution in [0.1, 0.15) is 36.0 Å². The third-order valence-corrected chi connectivity index (χ3v) is 5.80. The maximum absolute atomic E-state index is 13.3. The van der Waals surface area contributed by atoms with Gasteiger partial charge in [0.15, 0.2) is 12.5 Å². The molecule has 1 aromatic heterocycles. The Bertz CT molecular complexity index is 1090. The van der Waals surface area contributed by atoms with Crippen molar-refractivity contribution in [2.45, 2.75) is 25.2 Å². The van der Waals surface area contributed by atoms with Crippen LogP contribution in [0.4, 0.5) is 4.39 Å². The van der Waals surface area contributed by atoms with Crippen molar-refractivity contribution in [1.29, 1.82) is 0 Å². The third kappa shape index (κ3) is 5.22. The molecule has 1 atom stereocenters. The molecular formula is C24H24ClFN2O4. The van der Waals surface area contributed by atoms with Crippen LogP contribution in [-0.2, 0) is 11.2 Å². The molecule has 32 heavy (non-hydrogen) atoms. The van der Waals surface area contributed by atoms with E-state index < -0.39 is 5.82 Å². The number of rotatable bonds is 7. The number of aromatic nitrogens is 1. The summed E-state index contributed by atoms with van der Waals surface area (Å²) in [7, 11) is 1.65. The monoisotopic (exact) mass is 458 g/mol. The van der Waals surface area contributed by atoms with Crippen LogP contribution in [0.2, 0.25) is 5.02 Å². The van der Waals surface area contributed by atoms with Crippen LogP contribution in [0.25, 0.3) is 0 Å². The fraction of sp³-hybridized carbons (Fsp3) is 0.333. The summed E-state index contributed by atoms with van der Waals surface area (Å²) in [5.41, 5.74) is 1.02. The van der Waals surface area contributed by atoms with Gasteiger partial charge >= 0.3 is 0 Å². The van der Waals surface area contributed by atoms with Crippen LogP contribution in [0.15, 0.2) is 53.1 Å². The molecule has 1 fully saturated rings. The highest BCUT2D eigenvalue weighted by atomic mass is 35.5. The normalized spacial score (nSPS) is 16.1. The van der Waals surface area contributed by atoms with Crippen molar-refractivity contribution in [2.75, 3.05) is 26.8 Å². The van der Waals surface area contributed by atoms with Gasteiger partial charge in [-0.05, 0) is 31.0 Å². The molecule has 2 heterocycles. The SMILES string of the molecule is COc1ccccc1Cc1cnc([C@H]2CCCN(C(=O)COc3ccc(F)c(Cl)c3)C2)o1. The predicted octanol–water partition coefficient (Wildman–Crippen LogP) is 4.85. The lowest BCUT2D eigenvalue weighted by Crippen LogP contribution is -2.41. The third-order valence-electron chi connectivity index (χ3n) is 5.51. The number of halogens is 2. The van der Waals surface area contributed by atoms with Gasteiger partial charge in [0.2, 0.25) is 0 Å². The summed E-state index contributed by atoms with van der Waals surface area (Å²) in [6, 6.07) is 11.8. The number of hydrogen-bond acceptors (Lipinski definition) is 5. The highest BCUT2D eigenvalue weighted by Gasteiger charge is 2.28. The lowest BCUT2D eigenvalue weighted by atomic mass is 9.98. The molecule has 4 rings (SSSR count). The van der Waals surface area contributed by atoms with Crippen LogP contribution in [0, 0.1) is 5.82 Å². The number of oxazole rings is 1. The molecule has 8 heteroatoms. The Morgan fingerprint density at radius 3 is 2.97 bits per heavy atom. The van der Waals surface area contributed by atoms with Crippen LogP contribution in [0.5, 0.6) is 11.5 Å². The number of hydrogen-bond donors (Lipinski definition) is 0. The van der Waals surface area contributed by atoms with E-state index in [1.807, 2.05) is 24.3 Å². The molecule has 3 aromatic rings. The van der Waals surface area contributed by atoms with Gasteiger partial charge in [0.25, 0.3) is 5.91 Å². The molecule has 0 unspecified atom stereocenters. The molecule has 0 saturated carbocycles. The molecule has 2 aromatic carbocycles. The van der Waals surface area contributed by atoms with E-state index in [0.29, 0.717) is 31.2 Å². The summed E-state index contributed by atoms with van der Waals surface area (Å²) in [6.07, 6.45) is 4.07. The fourth-order valence-electron chi connectivity index (χ4n) is 3.84. The van der Waals surface area contributed by atoms with Gasteiger partial charge in [0.05, 0.1) is 24.2 Å². The number of likely N-dealkylation sites (tertiary alicyclic amines) is 1. The highest BCUT2D eigenvalue weighted by Crippen LogP contribution is 2.29. The van der Waals surface area contributed by atoms with Gasteiger partial charge in [-0.15, -0.1) is 0 Å². The van der Waals surface area contributed by atoms with Gasteiger partial charge in [-0.2, -0.15) is 0 Å². The van der Waals surface area contributed by atoms with E-state index in [9.17, 15) is 9.18 Å². The summed E-state index contributed by atoms with van der Waals surface area (Å²) in [5.74, 6) is 1.91. The molecule has 0 radical (unpaired) electrons. The number of carbonyl (C=O) groups is 1. The van der Waals surface area contributed by atoms with E-state index in [1.54, 1.807) is 18.2 Å². The van der Waals surface area contributed by atoms with Gasteiger partial charge in [0.1, 0.15) is 23.1 Å². The quantitative estimate of drug-likeness (QED) is 0.506. The Balaban J connectivity index is 1.35.